The van der Waals surface area contributed by atoms with Crippen molar-refractivity contribution in [3.05, 3.63) is 77.6 Å². The van der Waals surface area contributed by atoms with E-state index in [-0.39, 0.29) is 17.1 Å². The van der Waals surface area contributed by atoms with Gasteiger partial charge in [-0.3, -0.25) is 9.78 Å². The molecule has 1 aromatic heterocycles. The fourth-order valence-electron chi connectivity index (χ4n) is 3.43. The molecule has 0 saturated carbocycles. The quantitative estimate of drug-likeness (QED) is 0.463. The van der Waals surface area contributed by atoms with Crippen molar-refractivity contribution in [3.8, 4) is 11.5 Å². The second kappa shape index (κ2) is 11.1. The highest BCUT2D eigenvalue weighted by atomic mass is 32.2. The lowest BCUT2D eigenvalue weighted by molar-refractivity contribution is 0.102. The van der Waals surface area contributed by atoms with E-state index in [1.807, 2.05) is 12.1 Å². The van der Waals surface area contributed by atoms with Crippen molar-refractivity contribution in [1.82, 2.24) is 9.29 Å². The van der Waals surface area contributed by atoms with E-state index in [2.05, 4.69) is 10.3 Å². The molecule has 0 aliphatic carbocycles. The summed E-state index contributed by atoms with van der Waals surface area (Å²) in [7, 11) is -2.15. The van der Waals surface area contributed by atoms with Crippen LogP contribution in [-0.2, 0) is 16.6 Å². The summed E-state index contributed by atoms with van der Waals surface area (Å²) in [6, 6.07) is 13.4. The van der Waals surface area contributed by atoms with Crippen LogP contribution in [-0.4, -0.2) is 43.8 Å². The van der Waals surface area contributed by atoms with Crippen LogP contribution in [0.15, 0.2) is 65.8 Å². The molecule has 0 atom stereocenters. The molecule has 1 heterocycles. The lowest BCUT2D eigenvalue weighted by atomic mass is 10.1. The molecule has 3 rings (SSSR count). The van der Waals surface area contributed by atoms with E-state index in [4.69, 9.17) is 9.47 Å². The van der Waals surface area contributed by atoms with Crippen molar-refractivity contribution in [1.29, 1.82) is 0 Å². The molecule has 180 valence electrons. The maximum atomic E-state index is 13.1. The van der Waals surface area contributed by atoms with Gasteiger partial charge in [0.1, 0.15) is 6.61 Å². The van der Waals surface area contributed by atoms with E-state index >= 15 is 0 Å². The number of sulfonamides is 1. The second-order valence-corrected chi connectivity index (χ2v) is 9.47. The number of aromatic nitrogens is 1. The zero-order valence-corrected chi connectivity index (χ0v) is 20.6. The summed E-state index contributed by atoms with van der Waals surface area (Å²) < 4.78 is 38.4. The van der Waals surface area contributed by atoms with Crippen molar-refractivity contribution in [3.63, 3.8) is 0 Å². The third-order valence-corrected chi connectivity index (χ3v) is 7.38. The van der Waals surface area contributed by atoms with E-state index in [1.54, 1.807) is 57.4 Å². The van der Waals surface area contributed by atoms with Crippen LogP contribution in [0, 0.1) is 6.92 Å². The largest absolute Gasteiger partial charge is 0.493 e. The molecule has 8 nitrogen and oxygen atoms in total. The summed E-state index contributed by atoms with van der Waals surface area (Å²) in [4.78, 5) is 17.2. The van der Waals surface area contributed by atoms with Crippen LogP contribution < -0.4 is 14.8 Å². The average Bonchev–Trinajstić information content (AvgIpc) is 2.84. The fourth-order valence-corrected chi connectivity index (χ4v) is 4.91. The predicted octanol–water partition coefficient (Wildman–Crippen LogP) is 4.26. The Morgan fingerprint density at radius 1 is 1.06 bits per heavy atom. The predicted molar refractivity (Wildman–Crippen MR) is 131 cm³/mol. The maximum absolute atomic E-state index is 13.1. The molecule has 3 aromatic rings. The van der Waals surface area contributed by atoms with Crippen LogP contribution in [0.2, 0.25) is 0 Å². The number of ether oxygens (including phenoxy) is 2. The lowest BCUT2D eigenvalue weighted by Crippen LogP contribution is -2.30. The molecular weight excluding hydrogens is 454 g/mol. The molecule has 1 N–H and O–H groups in total. The molecule has 0 bridgehead atoms. The summed E-state index contributed by atoms with van der Waals surface area (Å²) in [6.45, 7) is 6.30. The number of anilines is 1. The number of nitrogens with zero attached hydrogens (tertiary/aromatic N) is 2. The Balaban J connectivity index is 1.84. The first kappa shape index (κ1) is 25.2. The van der Waals surface area contributed by atoms with Crippen LogP contribution in [0.3, 0.4) is 0 Å². The van der Waals surface area contributed by atoms with Gasteiger partial charge in [-0.2, -0.15) is 4.31 Å². The molecule has 0 fully saturated rings. The number of benzene rings is 2. The summed E-state index contributed by atoms with van der Waals surface area (Å²) in [5.41, 5.74) is 2.32. The Morgan fingerprint density at radius 3 is 2.47 bits per heavy atom. The van der Waals surface area contributed by atoms with Gasteiger partial charge < -0.3 is 14.8 Å². The van der Waals surface area contributed by atoms with Crippen molar-refractivity contribution in [2.75, 3.05) is 25.5 Å². The summed E-state index contributed by atoms with van der Waals surface area (Å²) in [5.74, 6) is 0.557. The first-order valence-corrected chi connectivity index (χ1v) is 12.4. The van der Waals surface area contributed by atoms with Gasteiger partial charge in [0.15, 0.2) is 11.5 Å². The van der Waals surface area contributed by atoms with Gasteiger partial charge in [0.25, 0.3) is 5.91 Å². The van der Waals surface area contributed by atoms with E-state index in [0.717, 1.165) is 5.56 Å². The molecule has 9 heteroatoms. The molecule has 0 radical (unpaired) electrons. The smallest absolute Gasteiger partial charge is 0.255 e. The number of amides is 1. The number of carbonyl (C=O) groups is 1. The molecule has 34 heavy (non-hydrogen) atoms. The molecule has 0 aliphatic heterocycles. The van der Waals surface area contributed by atoms with Gasteiger partial charge >= 0.3 is 0 Å². The zero-order chi connectivity index (χ0) is 24.7. The van der Waals surface area contributed by atoms with E-state index in [0.29, 0.717) is 35.8 Å². The first-order valence-electron chi connectivity index (χ1n) is 10.9. The van der Waals surface area contributed by atoms with E-state index < -0.39 is 15.9 Å². The summed E-state index contributed by atoms with van der Waals surface area (Å²) in [6.07, 6.45) is 3.39. The zero-order valence-electron chi connectivity index (χ0n) is 19.7. The van der Waals surface area contributed by atoms with Crippen LogP contribution in [0.4, 0.5) is 5.69 Å². The minimum atomic E-state index is -3.68. The summed E-state index contributed by atoms with van der Waals surface area (Å²) >= 11 is 0. The SMILES string of the molecule is CCN(CC)S(=O)(=O)c1ccc(C)c(C(=O)Nc2ccc(OC)c(OCc3cccnc3)c2)c1. The van der Waals surface area contributed by atoms with Gasteiger partial charge in [0.05, 0.1) is 12.0 Å². The molecule has 0 unspecified atom stereocenters. The monoisotopic (exact) mass is 483 g/mol. The second-order valence-electron chi connectivity index (χ2n) is 7.54. The Labute approximate surface area is 200 Å². The van der Waals surface area contributed by atoms with Crippen LogP contribution in [0.25, 0.3) is 0 Å². The molecule has 2 aromatic carbocycles. The number of rotatable bonds is 10. The van der Waals surface area contributed by atoms with Crippen LogP contribution >= 0.6 is 0 Å². The number of hydrogen-bond donors (Lipinski definition) is 1. The molecule has 0 spiro atoms. The Morgan fingerprint density at radius 2 is 1.82 bits per heavy atom. The lowest BCUT2D eigenvalue weighted by Gasteiger charge is -2.19. The Bertz CT molecular complexity index is 1240. The number of methoxy groups -OCH3 is 1. The fraction of sp³-hybridized carbons (Fsp3) is 0.280. The molecule has 0 saturated heterocycles. The highest BCUT2D eigenvalue weighted by Gasteiger charge is 2.23. The van der Waals surface area contributed by atoms with Crippen molar-refractivity contribution >= 4 is 21.6 Å². The third kappa shape index (κ3) is 5.73. The Kier molecular flexibility index (Phi) is 8.25. The topological polar surface area (TPSA) is 97.8 Å². The molecular formula is C25H29N3O5S. The van der Waals surface area contributed by atoms with E-state index in [9.17, 15) is 13.2 Å². The Hall–Kier alpha value is -3.43. The van der Waals surface area contributed by atoms with Crippen molar-refractivity contribution < 1.29 is 22.7 Å². The minimum Gasteiger partial charge on any atom is -0.493 e. The van der Waals surface area contributed by atoms with Crippen molar-refractivity contribution in [2.45, 2.75) is 32.3 Å². The average molecular weight is 484 g/mol. The number of aryl methyl sites for hydroxylation is 1. The summed E-state index contributed by atoms with van der Waals surface area (Å²) in [5, 5.41) is 2.83. The normalized spacial score (nSPS) is 11.3. The molecule has 0 aliphatic rings. The van der Waals surface area contributed by atoms with Gasteiger partial charge in [-0.05, 0) is 42.8 Å². The van der Waals surface area contributed by atoms with Gasteiger partial charge in [-0.15, -0.1) is 0 Å². The number of carbonyl (C=O) groups excluding carboxylic acids is 1. The van der Waals surface area contributed by atoms with Gasteiger partial charge in [-0.25, -0.2) is 8.42 Å². The van der Waals surface area contributed by atoms with Crippen LogP contribution in [0.5, 0.6) is 11.5 Å². The van der Waals surface area contributed by atoms with E-state index in [1.165, 1.54) is 23.5 Å². The third-order valence-electron chi connectivity index (χ3n) is 5.34. The van der Waals surface area contributed by atoms with Gasteiger partial charge in [0, 0.05) is 48.4 Å². The van der Waals surface area contributed by atoms with Crippen LogP contribution in [0.1, 0.15) is 35.3 Å². The first-order chi connectivity index (χ1) is 16.3. The maximum Gasteiger partial charge on any atom is 0.255 e. The number of pyridine rings is 1. The highest BCUT2D eigenvalue weighted by Crippen LogP contribution is 2.31. The van der Waals surface area contributed by atoms with Gasteiger partial charge in [0.2, 0.25) is 10.0 Å². The van der Waals surface area contributed by atoms with Gasteiger partial charge in [-0.1, -0.05) is 26.0 Å². The van der Waals surface area contributed by atoms with Crippen molar-refractivity contribution in [2.24, 2.45) is 0 Å². The standard InChI is InChI=1S/C25H29N3O5S/c1-5-28(6-2)34(30,31)21-11-9-18(3)22(15-21)25(29)27-20-10-12-23(32-4)24(14-20)33-17-19-8-7-13-26-16-19/h7-16H,5-6,17H2,1-4H3,(H,27,29). The number of hydrogen-bond acceptors (Lipinski definition) is 6. The molecule has 1 amide bonds. The minimum absolute atomic E-state index is 0.0853. The highest BCUT2D eigenvalue weighted by molar-refractivity contribution is 7.89. The number of nitrogens with one attached hydrogen (secondary N) is 1.